The normalized spacial score (nSPS) is 12.7. The van der Waals surface area contributed by atoms with Crippen molar-refractivity contribution in [3.63, 3.8) is 0 Å². The van der Waals surface area contributed by atoms with Crippen LogP contribution in [0, 0.1) is 5.92 Å². The van der Waals surface area contributed by atoms with Crippen LogP contribution in [0.1, 0.15) is 32.8 Å². The maximum absolute atomic E-state index is 9.96. The van der Waals surface area contributed by atoms with Gasteiger partial charge in [-0.1, -0.05) is 31.5 Å². The van der Waals surface area contributed by atoms with E-state index in [4.69, 9.17) is 9.94 Å². The van der Waals surface area contributed by atoms with E-state index in [0.29, 0.717) is 29.5 Å². The van der Waals surface area contributed by atoms with Gasteiger partial charge in [-0.3, -0.25) is 0 Å². The number of rotatable bonds is 5. The van der Waals surface area contributed by atoms with E-state index >= 15 is 0 Å². The fourth-order valence-corrected chi connectivity index (χ4v) is 1.33. The van der Waals surface area contributed by atoms with Gasteiger partial charge in [0, 0.05) is 22.1 Å². The van der Waals surface area contributed by atoms with Crippen molar-refractivity contribution in [3.05, 3.63) is 23.8 Å². The molecular weight excluding hydrogens is 277 g/mol. The number of para-hydroxylation sites is 1. The first-order valence-electron chi connectivity index (χ1n) is 5.73. The van der Waals surface area contributed by atoms with Gasteiger partial charge in [-0.25, -0.2) is 0 Å². The first-order valence-corrected chi connectivity index (χ1v) is 5.73. The van der Waals surface area contributed by atoms with Crippen molar-refractivity contribution >= 4 is 5.71 Å². The molecule has 5 heteroatoms. The number of aromatic hydroxyl groups is 1. The zero-order valence-corrected chi connectivity index (χ0v) is 11.8. The largest absolute Gasteiger partial charge is 0.504 e. The second-order valence-corrected chi connectivity index (χ2v) is 4.16. The summed E-state index contributed by atoms with van der Waals surface area (Å²) in [5.41, 5.74) is 0.839. The molecule has 2 N–H and O–H groups in total. The number of phenolic OH excluding ortho intramolecular Hbond substituents is 1. The van der Waals surface area contributed by atoms with Gasteiger partial charge in [0.1, 0.15) is 0 Å². The molecule has 0 aliphatic carbocycles. The van der Waals surface area contributed by atoms with Crippen LogP contribution in [0.2, 0.25) is 0 Å². The van der Waals surface area contributed by atoms with Crippen molar-refractivity contribution in [2.24, 2.45) is 11.1 Å². The summed E-state index contributed by atoms with van der Waals surface area (Å²) in [6, 6.07) is 5.14. The van der Waals surface area contributed by atoms with Crippen LogP contribution in [0.3, 0.4) is 0 Å². The van der Waals surface area contributed by atoms with Crippen molar-refractivity contribution < 1.29 is 31.5 Å². The zero-order valence-electron chi connectivity index (χ0n) is 10.8. The van der Waals surface area contributed by atoms with Gasteiger partial charge < -0.3 is 15.1 Å². The predicted molar refractivity (Wildman–Crippen MR) is 67.1 cm³/mol. The number of benzene rings is 1. The van der Waals surface area contributed by atoms with Gasteiger partial charge >= 0.3 is 0 Å². The molecule has 0 aromatic heterocycles. The molecule has 1 rings (SSSR count). The quantitative estimate of drug-likeness (QED) is 0.380. The maximum atomic E-state index is 9.96. The van der Waals surface area contributed by atoms with Gasteiger partial charge in [0.15, 0.2) is 11.5 Å². The molecule has 4 nitrogen and oxygen atoms in total. The first-order chi connectivity index (χ1) is 8.10. The molecule has 1 aromatic rings. The van der Waals surface area contributed by atoms with Crippen molar-refractivity contribution in [3.8, 4) is 11.5 Å². The minimum absolute atomic E-state index is 0. The number of oxime groups is 1. The van der Waals surface area contributed by atoms with Crippen molar-refractivity contribution in [2.45, 2.75) is 27.2 Å². The Kier molecular flexibility index (Phi) is 7.45. The van der Waals surface area contributed by atoms with E-state index in [0.717, 1.165) is 6.42 Å². The molecule has 0 heterocycles. The summed E-state index contributed by atoms with van der Waals surface area (Å²) >= 11 is 0. The maximum Gasteiger partial charge on any atom is 0.167 e. The van der Waals surface area contributed by atoms with E-state index in [9.17, 15) is 5.11 Å². The number of hydrogen-bond acceptors (Lipinski definition) is 4. The van der Waals surface area contributed by atoms with E-state index in [-0.39, 0.29) is 22.2 Å². The fourth-order valence-electron chi connectivity index (χ4n) is 1.33. The molecule has 1 aromatic carbocycles. The summed E-state index contributed by atoms with van der Waals surface area (Å²) in [5.74, 6) is 0.877. The van der Waals surface area contributed by atoms with E-state index in [1.807, 2.05) is 0 Å². The molecule has 0 bridgehead atoms. The third-order valence-corrected chi connectivity index (χ3v) is 2.76. The number of ether oxygens (including phenoxy) is 1. The topological polar surface area (TPSA) is 62.0 Å². The Morgan fingerprint density at radius 2 is 2.11 bits per heavy atom. The Balaban J connectivity index is 0.00000289. The van der Waals surface area contributed by atoms with E-state index in [1.165, 1.54) is 0 Å². The average molecular weight is 296 g/mol. The molecule has 0 aliphatic rings. The van der Waals surface area contributed by atoms with Crippen molar-refractivity contribution in [1.82, 2.24) is 0 Å². The minimum Gasteiger partial charge on any atom is -0.504 e. The SMILES string of the molecule is CCC(C)COc1cccc(/C(C)=N/O)c1O.[Ni]. The molecule has 0 fully saturated rings. The van der Waals surface area contributed by atoms with Crippen LogP contribution in [0.4, 0.5) is 0 Å². The van der Waals surface area contributed by atoms with E-state index < -0.39 is 0 Å². The Labute approximate surface area is 118 Å². The second kappa shape index (κ2) is 7.99. The molecule has 0 spiro atoms. The van der Waals surface area contributed by atoms with E-state index in [1.54, 1.807) is 25.1 Å². The van der Waals surface area contributed by atoms with Gasteiger partial charge in [0.05, 0.1) is 12.3 Å². The molecule has 0 saturated carbocycles. The van der Waals surface area contributed by atoms with E-state index in [2.05, 4.69) is 19.0 Å². The molecule has 1 atom stereocenters. The third kappa shape index (κ3) is 4.22. The molecule has 0 radical (unpaired) electrons. The molecule has 104 valence electrons. The van der Waals surface area contributed by atoms with Crippen LogP contribution in [-0.4, -0.2) is 22.6 Å². The summed E-state index contributed by atoms with van der Waals surface area (Å²) in [7, 11) is 0. The summed E-state index contributed by atoms with van der Waals surface area (Å²) in [6.45, 7) is 6.35. The molecular formula is C13H19NNiO3. The van der Waals surface area contributed by atoms with Gasteiger partial charge in [0.2, 0.25) is 0 Å². The van der Waals surface area contributed by atoms with Gasteiger partial charge in [-0.15, -0.1) is 0 Å². The smallest absolute Gasteiger partial charge is 0.167 e. The Hall–Kier alpha value is -1.22. The zero-order chi connectivity index (χ0) is 12.8. The summed E-state index contributed by atoms with van der Waals surface area (Å²) in [5, 5.41) is 21.7. The molecule has 18 heavy (non-hydrogen) atoms. The monoisotopic (exact) mass is 295 g/mol. The van der Waals surface area contributed by atoms with Crippen molar-refractivity contribution in [2.75, 3.05) is 6.61 Å². The van der Waals surface area contributed by atoms with Gasteiger partial charge in [-0.2, -0.15) is 0 Å². The second-order valence-electron chi connectivity index (χ2n) is 4.16. The summed E-state index contributed by atoms with van der Waals surface area (Å²) in [4.78, 5) is 0. The van der Waals surface area contributed by atoms with Gasteiger partial charge in [-0.05, 0) is 25.0 Å². The molecule has 0 amide bonds. The Morgan fingerprint density at radius 3 is 2.67 bits per heavy atom. The fraction of sp³-hybridized carbons (Fsp3) is 0.462. The number of phenols is 1. The van der Waals surface area contributed by atoms with Crippen LogP contribution in [0.5, 0.6) is 11.5 Å². The van der Waals surface area contributed by atoms with Crippen molar-refractivity contribution in [1.29, 1.82) is 0 Å². The summed E-state index contributed by atoms with van der Waals surface area (Å²) in [6.07, 6.45) is 1.03. The van der Waals surface area contributed by atoms with Crippen LogP contribution >= 0.6 is 0 Å². The molecule has 0 aliphatic heterocycles. The van der Waals surface area contributed by atoms with Gasteiger partial charge in [0.25, 0.3) is 0 Å². The number of hydrogen-bond donors (Lipinski definition) is 2. The van der Waals surface area contributed by atoms with Crippen LogP contribution in [0.15, 0.2) is 23.4 Å². The summed E-state index contributed by atoms with van der Waals surface area (Å²) < 4.78 is 5.54. The predicted octanol–water partition coefficient (Wildman–Crippen LogP) is 3.01. The van der Waals surface area contributed by atoms with Crippen LogP contribution in [0.25, 0.3) is 0 Å². The first kappa shape index (κ1) is 16.8. The minimum atomic E-state index is 0. The molecule has 0 saturated heterocycles. The van der Waals surface area contributed by atoms with Crippen LogP contribution in [-0.2, 0) is 16.5 Å². The van der Waals surface area contributed by atoms with Crippen LogP contribution < -0.4 is 4.74 Å². The number of nitrogens with zero attached hydrogens (tertiary/aromatic N) is 1. The standard InChI is InChI=1S/C13H19NO3.Ni/c1-4-9(2)8-17-12-7-5-6-11(13(12)15)10(3)14-16;/h5-7,9,15-16H,4,8H2,1-3H3;/b14-10+;. The Bertz CT molecular complexity index is 407. The molecule has 1 unspecified atom stereocenters. The average Bonchev–Trinajstić information content (AvgIpc) is 2.36. The third-order valence-electron chi connectivity index (χ3n) is 2.76. The Morgan fingerprint density at radius 1 is 1.44 bits per heavy atom.